The molecule has 0 radical (unpaired) electrons. The first-order valence-corrected chi connectivity index (χ1v) is 8.36. The van der Waals surface area contributed by atoms with Crippen LogP contribution < -0.4 is 0 Å². The Bertz CT molecular complexity index is 690. The zero-order chi connectivity index (χ0) is 17.0. The molecule has 2 aromatic rings. The summed E-state index contributed by atoms with van der Waals surface area (Å²) in [4.78, 5) is 32.4. The van der Waals surface area contributed by atoms with Crippen molar-refractivity contribution >= 4 is 23.2 Å². The van der Waals surface area contributed by atoms with Crippen LogP contribution in [0.25, 0.3) is 11.3 Å². The molecule has 0 saturated heterocycles. The van der Waals surface area contributed by atoms with Gasteiger partial charge in [0.25, 0.3) is 5.91 Å². The quantitative estimate of drug-likeness (QED) is 0.814. The molecular weight excluding hydrogens is 314 g/mol. The first-order chi connectivity index (χ1) is 10.9. The highest BCUT2D eigenvalue weighted by Gasteiger charge is 2.20. The van der Waals surface area contributed by atoms with Crippen LogP contribution >= 0.6 is 11.3 Å². The van der Waals surface area contributed by atoms with Crippen molar-refractivity contribution in [1.29, 1.82) is 0 Å². The number of nitrogens with one attached hydrogen (secondary N) is 1. The number of hydrogen-bond acceptors (Lipinski definition) is 4. The number of nitrogens with zero attached hydrogens (tertiary/aromatic N) is 2. The predicted molar refractivity (Wildman–Crippen MR) is 89.6 cm³/mol. The number of carboxylic acid groups (broad SMARTS) is 1. The smallest absolute Gasteiger partial charge is 0.305 e. The van der Waals surface area contributed by atoms with Gasteiger partial charge in [0.15, 0.2) is 0 Å². The highest BCUT2D eigenvalue weighted by Crippen LogP contribution is 2.23. The average molecular weight is 335 g/mol. The highest BCUT2D eigenvalue weighted by molar-refractivity contribution is 7.09. The number of aliphatic carboxylic acids is 1. The molecule has 23 heavy (non-hydrogen) atoms. The normalized spacial score (nSPS) is 11.0. The number of rotatable bonds is 7. The Morgan fingerprint density at radius 1 is 1.43 bits per heavy atom. The fourth-order valence-electron chi connectivity index (χ4n) is 2.28. The van der Waals surface area contributed by atoms with Gasteiger partial charge in [-0.2, -0.15) is 0 Å². The number of carbonyl (C=O) groups is 2. The Morgan fingerprint density at radius 2 is 2.17 bits per heavy atom. The molecule has 0 unspecified atom stereocenters. The van der Waals surface area contributed by atoms with Crippen molar-refractivity contribution in [3.63, 3.8) is 0 Å². The largest absolute Gasteiger partial charge is 0.481 e. The lowest BCUT2D eigenvalue weighted by molar-refractivity contribution is -0.137. The Labute approximate surface area is 139 Å². The summed E-state index contributed by atoms with van der Waals surface area (Å²) >= 11 is 1.56. The van der Waals surface area contributed by atoms with Gasteiger partial charge in [-0.1, -0.05) is 13.8 Å². The molecule has 6 nitrogen and oxygen atoms in total. The first kappa shape index (κ1) is 17.2. The summed E-state index contributed by atoms with van der Waals surface area (Å²) in [5, 5.41) is 11.8. The van der Waals surface area contributed by atoms with E-state index in [1.165, 1.54) is 0 Å². The summed E-state index contributed by atoms with van der Waals surface area (Å²) < 4.78 is 0. The molecule has 2 N–H and O–H groups in total. The van der Waals surface area contributed by atoms with Gasteiger partial charge < -0.3 is 15.0 Å². The molecule has 0 aromatic carbocycles. The number of carbonyl (C=O) groups excluding carboxylic acids is 1. The van der Waals surface area contributed by atoms with Crippen molar-refractivity contribution in [1.82, 2.24) is 14.9 Å². The second kappa shape index (κ2) is 7.41. The maximum Gasteiger partial charge on any atom is 0.305 e. The van der Waals surface area contributed by atoms with Crippen LogP contribution in [-0.4, -0.2) is 44.9 Å². The van der Waals surface area contributed by atoms with Crippen LogP contribution in [0, 0.1) is 12.8 Å². The predicted octanol–water partition coefficient (Wildman–Crippen LogP) is 3.02. The minimum atomic E-state index is -0.906. The molecular formula is C16H21N3O3S. The molecule has 7 heteroatoms. The van der Waals surface area contributed by atoms with Crippen LogP contribution in [0.2, 0.25) is 0 Å². The number of thiazole rings is 1. The van der Waals surface area contributed by atoms with Crippen molar-refractivity contribution in [3.8, 4) is 11.3 Å². The molecule has 0 bridgehead atoms. The number of amides is 1. The molecule has 2 heterocycles. The van der Waals surface area contributed by atoms with Gasteiger partial charge in [-0.15, -0.1) is 11.3 Å². The van der Waals surface area contributed by atoms with Crippen LogP contribution in [0.1, 0.15) is 35.8 Å². The molecule has 0 spiro atoms. The Hall–Kier alpha value is -2.15. The minimum absolute atomic E-state index is 0.0582. The third-order valence-electron chi connectivity index (χ3n) is 3.30. The maximum absolute atomic E-state index is 12.6. The van der Waals surface area contributed by atoms with Crippen LogP contribution in [0.3, 0.4) is 0 Å². The van der Waals surface area contributed by atoms with Crippen molar-refractivity contribution in [2.75, 3.05) is 13.1 Å². The molecule has 124 valence electrons. The first-order valence-electron chi connectivity index (χ1n) is 7.48. The number of aromatic nitrogens is 2. The monoisotopic (exact) mass is 335 g/mol. The number of hydrogen-bond donors (Lipinski definition) is 2. The van der Waals surface area contributed by atoms with E-state index in [0.717, 1.165) is 16.3 Å². The zero-order valence-electron chi connectivity index (χ0n) is 13.5. The summed E-state index contributed by atoms with van der Waals surface area (Å²) in [5.74, 6) is -0.821. The van der Waals surface area contributed by atoms with E-state index >= 15 is 0 Å². The minimum Gasteiger partial charge on any atom is -0.481 e. The summed E-state index contributed by atoms with van der Waals surface area (Å²) in [6.07, 6.45) is 1.70. The molecule has 0 saturated carbocycles. The van der Waals surface area contributed by atoms with Gasteiger partial charge in [0.05, 0.1) is 17.1 Å². The van der Waals surface area contributed by atoms with Crippen molar-refractivity contribution in [3.05, 3.63) is 28.3 Å². The van der Waals surface area contributed by atoms with Gasteiger partial charge in [-0.3, -0.25) is 9.59 Å². The van der Waals surface area contributed by atoms with Gasteiger partial charge in [0, 0.05) is 30.2 Å². The van der Waals surface area contributed by atoms with E-state index < -0.39 is 5.97 Å². The third kappa shape index (κ3) is 4.66. The summed E-state index contributed by atoms with van der Waals surface area (Å²) in [6.45, 7) is 6.66. The van der Waals surface area contributed by atoms with E-state index in [0.29, 0.717) is 12.2 Å². The van der Waals surface area contributed by atoms with E-state index in [1.54, 1.807) is 28.5 Å². The summed E-state index contributed by atoms with van der Waals surface area (Å²) in [7, 11) is 0. The molecule has 0 aliphatic heterocycles. The van der Waals surface area contributed by atoms with E-state index in [-0.39, 0.29) is 24.8 Å². The van der Waals surface area contributed by atoms with Gasteiger partial charge in [-0.25, -0.2) is 4.98 Å². The zero-order valence-corrected chi connectivity index (χ0v) is 14.3. The lowest BCUT2D eigenvalue weighted by Gasteiger charge is -2.23. The van der Waals surface area contributed by atoms with Crippen molar-refractivity contribution in [2.24, 2.45) is 5.92 Å². The Morgan fingerprint density at radius 3 is 2.74 bits per heavy atom. The second-order valence-electron chi connectivity index (χ2n) is 5.84. The fourth-order valence-corrected chi connectivity index (χ4v) is 2.90. The fraction of sp³-hybridized carbons (Fsp3) is 0.438. The second-order valence-corrected chi connectivity index (χ2v) is 6.90. The topological polar surface area (TPSA) is 86.3 Å². The van der Waals surface area contributed by atoms with Crippen LogP contribution in [0.5, 0.6) is 0 Å². The van der Waals surface area contributed by atoms with Crippen molar-refractivity contribution in [2.45, 2.75) is 27.2 Å². The molecule has 1 amide bonds. The van der Waals surface area contributed by atoms with E-state index in [2.05, 4.69) is 9.97 Å². The molecule has 2 rings (SSSR count). The number of H-pyrrole nitrogens is 1. The standard InChI is InChI=1S/C16H21N3O3S/c1-10(2)8-19(5-4-15(20)21)16(22)13-6-12(7-17-13)14-9-23-11(3)18-14/h6-7,9-10,17H,4-5,8H2,1-3H3,(H,20,21). The van der Waals surface area contributed by atoms with Gasteiger partial charge in [-0.05, 0) is 18.9 Å². The number of carboxylic acids is 1. The highest BCUT2D eigenvalue weighted by atomic mass is 32.1. The van der Waals surface area contributed by atoms with Gasteiger partial charge >= 0.3 is 5.97 Å². The van der Waals surface area contributed by atoms with Crippen LogP contribution in [-0.2, 0) is 4.79 Å². The lowest BCUT2D eigenvalue weighted by Crippen LogP contribution is -2.36. The SMILES string of the molecule is Cc1nc(-c2c[nH]c(C(=O)N(CCC(=O)O)CC(C)C)c2)cs1. The molecule has 0 atom stereocenters. The summed E-state index contributed by atoms with van der Waals surface area (Å²) in [5.41, 5.74) is 2.15. The molecule has 2 aromatic heterocycles. The van der Waals surface area contributed by atoms with E-state index in [9.17, 15) is 9.59 Å². The average Bonchev–Trinajstić information content (AvgIpc) is 3.10. The van der Waals surface area contributed by atoms with E-state index in [4.69, 9.17) is 5.11 Å². The van der Waals surface area contributed by atoms with Crippen molar-refractivity contribution < 1.29 is 14.7 Å². The van der Waals surface area contributed by atoms with Gasteiger partial charge in [0.1, 0.15) is 5.69 Å². The third-order valence-corrected chi connectivity index (χ3v) is 4.07. The number of aryl methyl sites for hydroxylation is 1. The lowest BCUT2D eigenvalue weighted by atomic mass is 10.2. The van der Waals surface area contributed by atoms with Crippen LogP contribution in [0.4, 0.5) is 0 Å². The van der Waals surface area contributed by atoms with Crippen LogP contribution in [0.15, 0.2) is 17.6 Å². The summed E-state index contributed by atoms with van der Waals surface area (Å²) in [6, 6.07) is 1.77. The Kier molecular flexibility index (Phi) is 5.54. The van der Waals surface area contributed by atoms with Gasteiger partial charge in [0.2, 0.25) is 0 Å². The Balaban J connectivity index is 2.15. The molecule has 0 aliphatic carbocycles. The molecule has 0 fully saturated rings. The molecule has 0 aliphatic rings. The van der Waals surface area contributed by atoms with E-state index in [1.807, 2.05) is 26.2 Å². The maximum atomic E-state index is 12.6. The number of aromatic amines is 1.